The highest BCUT2D eigenvalue weighted by Crippen LogP contribution is 1.93. The Hall–Kier alpha value is -0.690. The number of nitrogens with one attached hydrogen (secondary N) is 1. The number of ether oxygens (including phenoxy) is 3. The van der Waals surface area contributed by atoms with E-state index in [1.165, 1.54) is 0 Å². The van der Waals surface area contributed by atoms with Crippen LogP contribution in [-0.4, -0.2) is 58.6 Å². The van der Waals surface area contributed by atoms with Crippen LogP contribution >= 0.6 is 0 Å². The van der Waals surface area contributed by atoms with E-state index >= 15 is 0 Å². The van der Waals surface area contributed by atoms with Crippen LogP contribution in [-0.2, 0) is 19.0 Å². The predicted octanol–water partition coefficient (Wildman–Crippen LogP) is 0.300. The van der Waals surface area contributed by atoms with Crippen LogP contribution in [0, 0.1) is 0 Å². The van der Waals surface area contributed by atoms with Crippen molar-refractivity contribution in [2.45, 2.75) is 32.2 Å². The van der Waals surface area contributed by atoms with E-state index in [-0.39, 0.29) is 11.9 Å². The maximum atomic E-state index is 11.1. The molecule has 3 N–H and O–H groups in total. The molecule has 1 amide bonds. The summed E-state index contributed by atoms with van der Waals surface area (Å²) in [7, 11) is 1.67. The lowest BCUT2D eigenvalue weighted by molar-refractivity contribution is -0.120. The van der Waals surface area contributed by atoms with Crippen LogP contribution in [0.25, 0.3) is 0 Å². The Morgan fingerprint density at radius 2 is 1.84 bits per heavy atom. The van der Waals surface area contributed by atoms with Gasteiger partial charge in [-0.2, -0.15) is 0 Å². The highest BCUT2D eigenvalue weighted by molar-refractivity contribution is 5.79. The first-order chi connectivity index (χ1) is 9.22. The lowest BCUT2D eigenvalue weighted by Gasteiger charge is -2.14. The molecule has 1 unspecified atom stereocenters. The molecule has 0 spiro atoms. The van der Waals surface area contributed by atoms with Gasteiger partial charge in [-0.15, -0.1) is 0 Å². The Kier molecular flexibility index (Phi) is 13.2. The van der Waals surface area contributed by atoms with E-state index in [9.17, 15) is 4.79 Å². The van der Waals surface area contributed by atoms with Crippen molar-refractivity contribution < 1.29 is 19.0 Å². The lowest BCUT2D eigenvalue weighted by atomic mass is 10.2. The first-order valence-electron chi connectivity index (χ1n) is 6.89. The Bertz CT molecular complexity index is 215. The van der Waals surface area contributed by atoms with Crippen LogP contribution in [0.2, 0.25) is 0 Å². The van der Waals surface area contributed by atoms with E-state index in [2.05, 4.69) is 5.32 Å². The maximum Gasteiger partial charge on any atom is 0.234 e. The van der Waals surface area contributed by atoms with Crippen LogP contribution in [0.1, 0.15) is 26.2 Å². The third kappa shape index (κ3) is 12.1. The van der Waals surface area contributed by atoms with Crippen LogP contribution in [0.5, 0.6) is 0 Å². The summed E-state index contributed by atoms with van der Waals surface area (Å²) in [5.41, 5.74) is 5.29. The van der Waals surface area contributed by atoms with Crippen LogP contribution < -0.4 is 11.1 Å². The third-order valence-electron chi connectivity index (χ3n) is 2.54. The SMILES string of the molecule is CCCNC(CCOCCOCCCOC)C(N)=O. The van der Waals surface area contributed by atoms with Gasteiger partial charge in [-0.25, -0.2) is 0 Å². The number of carbonyl (C=O) groups is 1. The van der Waals surface area contributed by atoms with E-state index in [1.807, 2.05) is 6.92 Å². The van der Waals surface area contributed by atoms with E-state index in [1.54, 1.807) is 7.11 Å². The Morgan fingerprint density at radius 3 is 2.42 bits per heavy atom. The van der Waals surface area contributed by atoms with Gasteiger partial charge in [0.05, 0.1) is 19.3 Å². The van der Waals surface area contributed by atoms with Crippen LogP contribution in [0.4, 0.5) is 0 Å². The fraction of sp³-hybridized carbons (Fsp3) is 0.923. The summed E-state index contributed by atoms with van der Waals surface area (Å²) in [6, 6.07) is -0.303. The number of nitrogens with two attached hydrogens (primary N) is 1. The highest BCUT2D eigenvalue weighted by atomic mass is 16.5. The smallest absolute Gasteiger partial charge is 0.234 e. The molecule has 0 aromatic heterocycles. The van der Waals surface area contributed by atoms with Gasteiger partial charge in [0, 0.05) is 26.9 Å². The Balaban J connectivity index is 3.37. The highest BCUT2D eigenvalue weighted by Gasteiger charge is 2.13. The van der Waals surface area contributed by atoms with E-state index in [0.717, 1.165) is 19.4 Å². The number of hydrogen-bond donors (Lipinski definition) is 2. The molecular weight excluding hydrogens is 248 g/mol. The van der Waals surface area contributed by atoms with Gasteiger partial charge in [0.15, 0.2) is 0 Å². The molecule has 0 fully saturated rings. The summed E-state index contributed by atoms with van der Waals surface area (Å²) in [5, 5.41) is 3.09. The fourth-order valence-electron chi connectivity index (χ4n) is 1.49. The first kappa shape index (κ1) is 18.3. The molecule has 0 saturated carbocycles. The summed E-state index contributed by atoms with van der Waals surface area (Å²) >= 11 is 0. The third-order valence-corrected chi connectivity index (χ3v) is 2.54. The molecule has 0 heterocycles. The number of methoxy groups -OCH3 is 1. The largest absolute Gasteiger partial charge is 0.385 e. The molecule has 0 bridgehead atoms. The first-order valence-corrected chi connectivity index (χ1v) is 6.89. The lowest BCUT2D eigenvalue weighted by Crippen LogP contribution is -2.42. The van der Waals surface area contributed by atoms with E-state index in [4.69, 9.17) is 19.9 Å². The van der Waals surface area contributed by atoms with Crippen LogP contribution in [0.15, 0.2) is 0 Å². The van der Waals surface area contributed by atoms with Crippen molar-refractivity contribution >= 4 is 5.91 Å². The molecule has 6 nitrogen and oxygen atoms in total. The summed E-state index contributed by atoms with van der Waals surface area (Å²) < 4.78 is 15.6. The van der Waals surface area contributed by atoms with Crippen molar-refractivity contribution in [3.63, 3.8) is 0 Å². The minimum absolute atomic E-state index is 0.303. The summed E-state index contributed by atoms with van der Waals surface area (Å²) in [6.45, 7) is 5.83. The van der Waals surface area contributed by atoms with Crippen molar-refractivity contribution in [3.8, 4) is 0 Å². The molecule has 0 rings (SSSR count). The zero-order chi connectivity index (χ0) is 14.3. The molecule has 0 radical (unpaired) electrons. The van der Waals surface area contributed by atoms with Crippen molar-refractivity contribution in [2.75, 3.05) is 46.7 Å². The van der Waals surface area contributed by atoms with Gasteiger partial charge in [0.2, 0.25) is 5.91 Å². The molecule has 0 aromatic carbocycles. The van der Waals surface area contributed by atoms with Gasteiger partial charge in [0.1, 0.15) is 0 Å². The molecule has 0 aliphatic carbocycles. The molecule has 1 atom stereocenters. The molecule has 0 aliphatic heterocycles. The van der Waals surface area contributed by atoms with E-state index < -0.39 is 0 Å². The molecule has 0 aromatic rings. The van der Waals surface area contributed by atoms with Crippen LogP contribution in [0.3, 0.4) is 0 Å². The molecule has 6 heteroatoms. The average molecular weight is 276 g/mol. The molecule has 19 heavy (non-hydrogen) atoms. The number of carbonyl (C=O) groups excluding carboxylic acids is 1. The van der Waals surface area contributed by atoms with Gasteiger partial charge in [0.25, 0.3) is 0 Å². The second-order valence-corrected chi connectivity index (χ2v) is 4.27. The molecule has 114 valence electrons. The minimum Gasteiger partial charge on any atom is -0.385 e. The second-order valence-electron chi connectivity index (χ2n) is 4.27. The van der Waals surface area contributed by atoms with Crippen molar-refractivity contribution in [1.29, 1.82) is 0 Å². The summed E-state index contributed by atoms with van der Waals surface area (Å²) in [6.07, 6.45) is 2.46. The Labute approximate surface area is 116 Å². The fourth-order valence-corrected chi connectivity index (χ4v) is 1.49. The minimum atomic E-state index is -0.326. The number of primary amides is 1. The number of hydrogen-bond acceptors (Lipinski definition) is 5. The van der Waals surface area contributed by atoms with Gasteiger partial charge in [-0.05, 0) is 25.8 Å². The molecular formula is C13H28N2O4. The van der Waals surface area contributed by atoms with Gasteiger partial charge in [-0.3, -0.25) is 4.79 Å². The number of rotatable bonds is 14. The van der Waals surface area contributed by atoms with Gasteiger partial charge < -0.3 is 25.3 Å². The topological polar surface area (TPSA) is 82.8 Å². The van der Waals surface area contributed by atoms with Gasteiger partial charge >= 0.3 is 0 Å². The number of amides is 1. The zero-order valence-corrected chi connectivity index (χ0v) is 12.2. The second kappa shape index (κ2) is 13.7. The maximum absolute atomic E-state index is 11.1. The quantitative estimate of drug-likeness (QED) is 0.446. The summed E-state index contributed by atoms with van der Waals surface area (Å²) in [5.74, 6) is -0.326. The molecule has 0 aliphatic rings. The summed E-state index contributed by atoms with van der Waals surface area (Å²) in [4.78, 5) is 11.1. The van der Waals surface area contributed by atoms with Crippen molar-refractivity contribution in [3.05, 3.63) is 0 Å². The monoisotopic (exact) mass is 276 g/mol. The predicted molar refractivity (Wildman–Crippen MR) is 74.0 cm³/mol. The van der Waals surface area contributed by atoms with Gasteiger partial charge in [-0.1, -0.05) is 6.92 Å². The normalized spacial score (nSPS) is 12.5. The molecule has 0 saturated heterocycles. The zero-order valence-electron chi connectivity index (χ0n) is 12.2. The van der Waals surface area contributed by atoms with E-state index in [0.29, 0.717) is 39.5 Å². The Morgan fingerprint density at radius 1 is 1.16 bits per heavy atom. The average Bonchev–Trinajstić information content (AvgIpc) is 2.39. The van der Waals surface area contributed by atoms with Crippen molar-refractivity contribution in [1.82, 2.24) is 5.32 Å². The van der Waals surface area contributed by atoms with Crippen molar-refractivity contribution in [2.24, 2.45) is 5.73 Å². The standard InChI is InChI=1S/C13H28N2O4/c1-3-6-15-12(13(14)16)5-9-19-11-10-18-8-4-7-17-2/h12,15H,3-11H2,1-2H3,(H2,14,16).